The van der Waals surface area contributed by atoms with Crippen LogP contribution in [0.2, 0.25) is 5.15 Å². The van der Waals surface area contributed by atoms with Gasteiger partial charge in [0.1, 0.15) is 22.9 Å². The fourth-order valence-corrected chi connectivity index (χ4v) is 3.13. The minimum atomic E-state index is -4.76. The Labute approximate surface area is 173 Å². The molecule has 0 amide bonds. The van der Waals surface area contributed by atoms with Gasteiger partial charge < -0.3 is 4.74 Å². The van der Waals surface area contributed by atoms with Crippen LogP contribution in [0.5, 0.6) is 11.5 Å². The van der Waals surface area contributed by atoms with Crippen molar-refractivity contribution in [1.82, 2.24) is 14.5 Å². The first-order chi connectivity index (χ1) is 14.3. The van der Waals surface area contributed by atoms with Gasteiger partial charge in [0.05, 0.1) is 0 Å². The zero-order valence-electron chi connectivity index (χ0n) is 15.1. The molecule has 0 saturated heterocycles. The average Bonchev–Trinajstić information content (AvgIpc) is 3.16. The topological polar surface area (TPSA) is 39.9 Å². The highest BCUT2D eigenvalue weighted by atomic mass is 35.5. The molecule has 0 radical (unpaired) electrons. The second-order valence-corrected chi connectivity index (χ2v) is 6.57. The number of hydrogen-bond acceptors (Lipinski definition) is 3. The molecule has 4 aromatic rings. The van der Waals surface area contributed by atoms with Gasteiger partial charge in [-0.1, -0.05) is 35.9 Å². The van der Waals surface area contributed by atoms with Crippen LogP contribution in [0.4, 0.5) is 17.6 Å². The van der Waals surface area contributed by atoms with Gasteiger partial charge >= 0.3 is 6.18 Å². The predicted octanol–water partition coefficient (Wildman–Crippen LogP) is 6.54. The number of para-hydroxylation sites is 2. The van der Waals surface area contributed by atoms with Crippen molar-refractivity contribution in [2.75, 3.05) is 0 Å². The number of aromatic nitrogens is 3. The number of alkyl halides is 3. The summed E-state index contributed by atoms with van der Waals surface area (Å²) < 4.78 is 63.1. The molecule has 0 spiro atoms. The molecule has 0 bridgehead atoms. The molecule has 0 aliphatic rings. The molecular weight excluding hydrogens is 422 g/mol. The smallest absolute Gasteiger partial charge is 0.433 e. The number of benzene rings is 2. The molecule has 4 rings (SSSR count). The molecule has 9 heteroatoms. The van der Waals surface area contributed by atoms with Crippen molar-refractivity contribution in [2.24, 2.45) is 0 Å². The lowest BCUT2D eigenvalue weighted by molar-refractivity contribution is -0.141. The summed E-state index contributed by atoms with van der Waals surface area (Å²) in [5.41, 5.74) is -1.38. The number of rotatable bonds is 4. The van der Waals surface area contributed by atoms with Crippen molar-refractivity contribution in [3.8, 4) is 28.4 Å². The maximum Gasteiger partial charge on any atom is 0.433 e. The van der Waals surface area contributed by atoms with Gasteiger partial charge in [0.2, 0.25) is 0 Å². The Morgan fingerprint density at radius 1 is 0.933 bits per heavy atom. The predicted molar refractivity (Wildman–Crippen MR) is 103 cm³/mol. The van der Waals surface area contributed by atoms with Crippen LogP contribution in [-0.2, 0) is 6.18 Å². The van der Waals surface area contributed by atoms with Crippen LogP contribution < -0.4 is 4.74 Å². The maximum absolute atomic E-state index is 14.6. The normalized spacial score (nSPS) is 11.5. The van der Waals surface area contributed by atoms with Crippen molar-refractivity contribution in [3.05, 3.63) is 89.9 Å². The monoisotopic (exact) mass is 433 g/mol. The van der Waals surface area contributed by atoms with E-state index in [9.17, 15) is 17.6 Å². The summed E-state index contributed by atoms with van der Waals surface area (Å²) in [6, 6.07) is 14.4. The van der Waals surface area contributed by atoms with Gasteiger partial charge in [-0.15, -0.1) is 0 Å². The van der Waals surface area contributed by atoms with Gasteiger partial charge in [-0.2, -0.15) is 13.2 Å². The highest BCUT2D eigenvalue weighted by Crippen LogP contribution is 2.42. The van der Waals surface area contributed by atoms with E-state index >= 15 is 0 Å². The molecule has 2 heterocycles. The number of hydrogen-bond donors (Lipinski definition) is 0. The van der Waals surface area contributed by atoms with Crippen molar-refractivity contribution in [3.63, 3.8) is 0 Å². The van der Waals surface area contributed by atoms with Crippen LogP contribution in [0.3, 0.4) is 0 Å². The van der Waals surface area contributed by atoms with Gasteiger partial charge in [-0.05, 0) is 30.3 Å². The van der Waals surface area contributed by atoms with Crippen LogP contribution >= 0.6 is 11.6 Å². The van der Waals surface area contributed by atoms with Crippen molar-refractivity contribution in [2.45, 2.75) is 6.18 Å². The van der Waals surface area contributed by atoms with Gasteiger partial charge in [0, 0.05) is 23.5 Å². The summed E-state index contributed by atoms with van der Waals surface area (Å²) >= 11 is 5.81. The van der Waals surface area contributed by atoms with Crippen LogP contribution in [0.25, 0.3) is 16.9 Å². The number of nitrogens with zero attached hydrogens (tertiary/aromatic N) is 3. The Bertz CT molecular complexity index is 1190. The number of ether oxygens (including phenoxy) is 1. The first-order valence-electron chi connectivity index (χ1n) is 8.63. The van der Waals surface area contributed by atoms with E-state index in [1.807, 2.05) is 0 Å². The molecule has 0 atom stereocenters. The van der Waals surface area contributed by atoms with Crippen molar-refractivity contribution in [1.29, 1.82) is 0 Å². The quantitative estimate of drug-likeness (QED) is 0.271. The van der Waals surface area contributed by atoms with Crippen molar-refractivity contribution < 1.29 is 22.3 Å². The lowest BCUT2D eigenvalue weighted by atomic mass is 10.1. The van der Waals surface area contributed by atoms with Gasteiger partial charge in [0.15, 0.2) is 17.3 Å². The van der Waals surface area contributed by atoms with Crippen LogP contribution in [0, 0.1) is 5.82 Å². The second-order valence-electron chi connectivity index (χ2n) is 6.18. The van der Waals surface area contributed by atoms with Crippen LogP contribution in [0.15, 0.2) is 73.2 Å². The Morgan fingerprint density at radius 2 is 1.70 bits per heavy atom. The zero-order chi connectivity index (χ0) is 21.3. The third kappa shape index (κ3) is 3.86. The Morgan fingerprint density at radius 3 is 2.40 bits per heavy atom. The van der Waals surface area contributed by atoms with E-state index in [2.05, 4.69) is 9.97 Å². The molecule has 0 saturated carbocycles. The lowest BCUT2D eigenvalue weighted by Crippen LogP contribution is -2.13. The molecule has 0 aliphatic carbocycles. The highest BCUT2D eigenvalue weighted by Gasteiger charge is 2.40. The molecule has 2 aromatic heterocycles. The van der Waals surface area contributed by atoms with E-state index < -0.39 is 29.1 Å². The molecule has 0 aliphatic heterocycles. The molecular formula is C21H12ClF4N3O. The molecule has 152 valence electrons. The first kappa shape index (κ1) is 19.9. The maximum atomic E-state index is 14.6. The molecule has 30 heavy (non-hydrogen) atoms. The summed E-state index contributed by atoms with van der Waals surface area (Å²) in [7, 11) is 0. The molecule has 0 fully saturated rings. The Kier molecular flexibility index (Phi) is 5.17. The van der Waals surface area contributed by atoms with Gasteiger partial charge in [-0.25, -0.2) is 14.4 Å². The number of halogens is 5. The summed E-state index contributed by atoms with van der Waals surface area (Å²) in [6.07, 6.45) is -2.37. The minimum absolute atomic E-state index is 0.0923. The fraction of sp³-hybridized carbons (Fsp3) is 0.0476. The third-order valence-corrected chi connectivity index (χ3v) is 4.42. The third-order valence-electron chi connectivity index (χ3n) is 4.21. The Hall–Kier alpha value is -3.39. The lowest BCUT2D eigenvalue weighted by Gasteiger charge is -2.15. The van der Waals surface area contributed by atoms with E-state index in [4.69, 9.17) is 16.3 Å². The van der Waals surface area contributed by atoms with Gasteiger partial charge in [-0.3, -0.25) is 4.57 Å². The number of pyridine rings is 1. The SMILES string of the molecule is Fc1cccc(-c2ncn(-c3ccccc3)c2C(F)(F)F)c1Oc1ccnc(Cl)c1. The molecule has 0 N–H and O–H groups in total. The minimum Gasteiger partial charge on any atom is -0.453 e. The van der Waals surface area contributed by atoms with E-state index in [1.54, 1.807) is 18.2 Å². The fourth-order valence-electron chi connectivity index (χ4n) is 2.97. The van der Waals surface area contributed by atoms with E-state index in [0.29, 0.717) is 0 Å². The average molecular weight is 434 g/mol. The Balaban J connectivity index is 1.90. The van der Waals surface area contributed by atoms with E-state index in [-0.39, 0.29) is 22.2 Å². The van der Waals surface area contributed by atoms with Crippen LogP contribution in [0.1, 0.15) is 5.69 Å². The van der Waals surface area contributed by atoms with Crippen molar-refractivity contribution >= 4 is 11.6 Å². The molecule has 0 unspecified atom stereocenters. The summed E-state index contributed by atoms with van der Waals surface area (Å²) in [6.45, 7) is 0. The second kappa shape index (κ2) is 7.79. The summed E-state index contributed by atoms with van der Waals surface area (Å²) in [5, 5.41) is 0.0923. The van der Waals surface area contributed by atoms with E-state index in [0.717, 1.165) is 17.0 Å². The number of imidazole rings is 1. The summed E-state index contributed by atoms with van der Waals surface area (Å²) in [5.74, 6) is -1.12. The first-order valence-corrected chi connectivity index (χ1v) is 9.00. The van der Waals surface area contributed by atoms with Crippen LogP contribution in [-0.4, -0.2) is 14.5 Å². The standard InChI is InChI=1S/C21H12ClF4N3O/c22-17-11-14(9-10-27-17)30-19-15(7-4-8-16(19)23)18-20(21(24,25)26)29(12-28-18)13-5-2-1-3-6-13/h1-12H. The molecule has 4 nitrogen and oxygen atoms in total. The summed E-state index contributed by atoms with van der Waals surface area (Å²) in [4.78, 5) is 7.74. The largest absolute Gasteiger partial charge is 0.453 e. The highest BCUT2D eigenvalue weighted by molar-refractivity contribution is 6.29. The zero-order valence-corrected chi connectivity index (χ0v) is 15.8. The van der Waals surface area contributed by atoms with E-state index in [1.165, 1.54) is 42.6 Å². The van der Waals surface area contributed by atoms with Gasteiger partial charge in [0.25, 0.3) is 0 Å². The molecule has 2 aromatic carbocycles.